The van der Waals surface area contributed by atoms with E-state index < -0.39 is 12.1 Å². The van der Waals surface area contributed by atoms with Gasteiger partial charge in [0.1, 0.15) is 0 Å². The molecule has 0 aromatic carbocycles. The van der Waals surface area contributed by atoms with Gasteiger partial charge < -0.3 is 13.7 Å². The predicted molar refractivity (Wildman–Crippen MR) is 83.9 cm³/mol. The molecule has 18 heavy (non-hydrogen) atoms. The van der Waals surface area contributed by atoms with Crippen LogP contribution in [0.3, 0.4) is 0 Å². The molecule has 0 aromatic rings. The van der Waals surface area contributed by atoms with Gasteiger partial charge in [0.15, 0.2) is 28.8 Å². The quantitative estimate of drug-likeness (QED) is 0.314. The lowest BCUT2D eigenvalue weighted by molar-refractivity contribution is -0.119. The molecule has 0 rings (SSSR count). The van der Waals surface area contributed by atoms with Crippen molar-refractivity contribution < 1.29 is 17.4 Å². The Labute approximate surface area is 134 Å². The lowest BCUT2D eigenvalue weighted by Gasteiger charge is -2.14. The third kappa shape index (κ3) is 8.89. The van der Waals surface area contributed by atoms with E-state index in [4.69, 9.17) is 0 Å². The average Bonchev–Trinajstić information content (AvgIpc) is 2.35. The van der Waals surface area contributed by atoms with Crippen LogP contribution in [0, 0.1) is 0 Å². The molecule has 0 aliphatic carbocycles. The van der Waals surface area contributed by atoms with Gasteiger partial charge in [-0.25, -0.2) is 4.79 Å². The first-order valence-corrected chi connectivity index (χ1v) is 7.84. The molecule has 0 radical (unpaired) electrons. The number of amides is 2. The van der Waals surface area contributed by atoms with Gasteiger partial charge in [-0.2, -0.15) is 0 Å². The van der Waals surface area contributed by atoms with E-state index in [1.54, 1.807) is 0 Å². The zero-order valence-corrected chi connectivity index (χ0v) is 14.3. The largest absolute Gasteiger partial charge is 0.417 e. The van der Waals surface area contributed by atoms with Crippen molar-refractivity contribution in [3.05, 3.63) is 0 Å². The number of rotatable bonds is 8. The van der Waals surface area contributed by atoms with Gasteiger partial charge in [-0.15, -0.1) is 0 Å². The van der Waals surface area contributed by atoms with Gasteiger partial charge >= 0.3 is 6.09 Å². The Morgan fingerprint density at radius 1 is 1.28 bits per heavy atom. The molecule has 0 aliphatic rings. The lowest BCUT2D eigenvalue weighted by atomic mass is 10.1. The van der Waals surface area contributed by atoms with Crippen molar-refractivity contribution in [2.24, 2.45) is 0 Å². The van der Waals surface area contributed by atoms with Crippen molar-refractivity contribution in [2.45, 2.75) is 32.2 Å². The van der Waals surface area contributed by atoms with Crippen LogP contribution in [0.4, 0.5) is 4.79 Å². The Bertz CT molecular complexity index is 300. The van der Waals surface area contributed by atoms with Gasteiger partial charge in [0.2, 0.25) is 5.91 Å². The minimum atomic E-state index is -0.617. The van der Waals surface area contributed by atoms with Crippen LogP contribution in [-0.4, -0.2) is 34.8 Å². The predicted octanol–water partition coefficient (Wildman–Crippen LogP) is 1.74. The molecule has 0 spiro atoms. The average molecular weight is 482 g/mol. The minimum absolute atomic E-state index is 0.00494. The van der Waals surface area contributed by atoms with Crippen LogP contribution in [0.2, 0.25) is 0 Å². The van der Waals surface area contributed by atoms with Crippen LogP contribution < -0.4 is 10.6 Å². The summed E-state index contributed by atoms with van der Waals surface area (Å²) in [5.74, 6) is -0.0987. The molecule has 0 heterocycles. The van der Waals surface area contributed by atoms with Crippen LogP contribution >= 0.6 is 45.6 Å². The molecule has 104 valence electrons. The summed E-state index contributed by atoms with van der Waals surface area (Å²) in [5.41, 5.74) is 0. The number of nitrogens with one attached hydrogen (secondary N) is 2. The van der Waals surface area contributed by atoms with Crippen LogP contribution in [0.25, 0.3) is 0 Å². The Balaban J connectivity index is 3.81. The lowest BCUT2D eigenvalue weighted by Crippen LogP contribution is -2.39. The zero-order valence-electron chi connectivity index (χ0n) is 10.0. The highest BCUT2D eigenvalue weighted by atomic mass is 127. The summed E-state index contributed by atoms with van der Waals surface area (Å²) >= 11 is 3.45. The number of halogens is 2. The van der Waals surface area contributed by atoms with Crippen LogP contribution in [0.5, 0.6) is 0 Å². The fraction of sp³-hybridized carbons (Fsp3) is 0.700. The van der Waals surface area contributed by atoms with E-state index in [1.807, 2.05) is 22.6 Å². The van der Waals surface area contributed by atoms with Crippen molar-refractivity contribution in [3.63, 3.8) is 0 Å². The maximum atomic E-state index is 11.3. The molecule has 1 atom stereocenters. The molecule has 0 unspecified atom stereocenters. The minimum Gasteiger partial charge on any atom is -0.378 e. The van der Waals surface area contributed by atoms with Crippen molar-refractivity contribution in [2.75, 3.05) is 11.0 Å². The molecule has 0 aromatic heterocycles. The van der Waals surface area contributed by atoms with E-state index in [-0.39, 0.29) is 11.7 Å². The number of ketones is 1. The first-order valence-electron chi connectivity index (χ1n) is 5.43. The topological polar surface area (TPSA) is 84.5 Å². The summed E-state index contributed by atoms with van der Waals surface area (Å²) < 4.78 is 4.86. The number of unbranched alkanes of at least 4 members (excludes halogenated alkanes) is 1. The molecular weight excluding hydrogens is 466 g/mol. The molecule has 0 bridgehead atoms. The summed E-state index contributed by atoms with van der Waals surface area (Å²) in [6, 6.07) is -0.521. The van der Waals surface area contributed by atoms with Crippen molar-refractivity contribution in [3.8, 4) is 0 Å². The van der Waals surface area contributed by atoms with Gasteiger partial charge in [0.25, 0.3) is 0 Å². The standard InChI is InChI=1S/C10H16I2N2O4/c1-7(15)8(14-10(17)18-12)4-2-3-5-13-9(16)6-11/h8H,2-6H2,1H3,(H,13,16)(H,14,17)/t8-/m0/s1. The number of carbonyl (C=O) groups excluding carboxylic acids is 3. The van der Waals surface area contributed by atoms with Gasteiger partial charge in [-0.05, 0) is 26.2 Å². The molecule has 0 saturated heterocycles. The SMILES string of the molecule is CC(=O)[C@H](CCCCNC(=O)CI)NC(=O)OI. The first kappa shape index (κ1) is 17.9. The highest BCUT2D eigenvalue weighted by Crippen LogP contribution is 2.03. The summed E-state index contributed by atoms with van der Waals surface area (Å²) in [4.78, 5) is 33.2. The smallest absolute Gasteiger partial charge is 0.378 e. The molecular formula is C10H16I2N2O4. The van der Waals surface area contributed by atoms with Crippen molar-refractivity contribution in [1.29, 1.82) is 0 Å². The number of hydrogen-bond donors (Lipinski definition) is 2. The molecule has 6 nitrogen and oxygen atoms in total. The Kier molecular flexibility index (Phi) is 10.7. The fourth-order valence-corrected chi connectivity index (χ4v) is 1.69. The second kappa shape index (κ2) is 10.8. The number of alkyl halides is 1. The Morgan fingerprint density at radius 2 is 1.94 bits per heavy atom. The van der Waals surface area contributed by atoms with Gasteiger partial charge in [0.05, 0.1) is 10.5 Å². The highest BCUT2D eigenvalue weighted by Gasteiger charge is 2.16. The van der Waals surface area contributed by atoms with E-state index in [1.165, 1.54) is 29.9 Å². The maximum absolute atomic E-state index is 11.3. The molecule has 2 amide bonds. The third-order valence-electron chi connectivity index (χ3n) is 2.22. The van der Waals surface area contributed by atoms with Gasteiger partial charge in [0, 0.05) is 6.54 Å². The van der Waals surface area contributed by atoms with Gasteiger partial charge in [-0.3, -0.25) is 9.59 Å². The fourth-order valence-electron chi connectivity index (χ4n) is 1.29. The second-order valence-corrected chi connectivity index (χ2v) is 4.85. The van der Waals surface area contributed by atoms with Gasteiger partial charge in [-0.1, -0.05) is 22.6 Å². The van der Waals surface area contributed by atoms with E-state index >= 15 is 0 Å². The second-order valence-electron chi connectivity index (χ2n) is 3.65. The summed E-state index contributed by atoms with van der Waals surface area (Å²) in [5, 5.41) is 5.21. The monoisotopic (exact) mass is 482 g/mol. The molecule has 0 saturated carbocycles. The molecule has 2 N–H and O–H groups in total. The van der Waals surface area contributed by atoms with Crippen molar-refractivity contribution >= 4 is 63.4 Å². The summed E-state index contributed by atoms with van der Waals surface area (Å²) in [6.45, 7) is 2.01. The number of Topliss-reactive ketones (excluding diaryl/α,β-unsaturated/α-hetero) is 1. The van der Waals surface area contributed by atoms with Crippen LogP contribution in [0.15, 0.2) is 0 Å². The Hall–Kier alpha value is -0.130. The van der Waals surface area contributed by atoms with Crippen molar-refractivity contribution in [1.82, 2.24) is 10.6 Å². The van der Waals surface area contributed by atoms with Crippen LogP contribution in [-0.2, 0) is 12.7 Å². The van der Waals surface area contributed by atoms with E-state index in [0.717, 1.165) is 12.8 Å². The summed E-state index contributed by atoms with van der Waals surface area (Å²) in [6.07, 6.45) is 1.44. The number of carbonyl (C=O) groups is 3. The Morgan fingerprint density at radius 3 is 2.44 bits per heavy atom. The summed E-state index contributed by atoms with van der Waals surface area (Å²) in [7, 11) is 0. The highest BCUT2D eigenvalue weighted by molar-refractivity contribution is 14.1. The number of hydrogen-bond acceptors (Lipinski definition) is 4. The first-order chi connectivity index (χ1) is 8.51. The third-order valence-corrected chi connectivity index (χ3v) is 3.31. The molecule has 0 aliphatic heterocycles. The maximum Gasteiger partial charge on any atom is 0.417 e. The normalized spacial score (nSPS) is 11.5. The van der Waals surface area contributed by atoms with Crippen LogP contribution in [0.1, 0.15) is 26.2 Å². The molecule has 8 heteroatoms. The van der Waals surface area contributed by atoms with E-state index in [2.05, 4.69) is 13.7 Å². The molecule has 0 fully saturated rings. The zero-order chi connectivity index (χ0) is 14.0. The van der Waals surface area contributed by atoms with E-state index in [9.17, 15) is 14.4 Å². The van der Waals surface area contributed by atoms with E-state index in [0.29, 0.717) is 17.4 Å².